The standard InChI is InChI=1S/C31H27FN4O4/c32-25-10-6-23(7-11-25)20-36-28(30(38)34-19-22-14-16-33-17-15-22)29(40-31(36)39)24-8-12-26(13-9-24)35-27(37)18-21-4-2-1-3-5-21/h1-17,28-29H,18-20H2,(H,34,38)(H,35,37). The highest BCUT2D eigenvalue weighted by atomic mass is 19.1. The van der Waals surface area contributed by atoms with Crippen molar-refractivity contribution in [2.24, 2.45) is 0 Å². The molecule has 1 saturated heterocycles. The van der Waals surface area contributed by atoms with Crippen LogP contribution in [-0.4, -0.2) is 33.8 Å². The van der Waals surface area contributed by atoms with E-state index in [1.165, 1.54) is 17.0 Å². The van der Waals surface area contributed by atoms with Crippen LogP contribution >= 0.6 is 0 Å². The third-order valence-electron chi connectivity index (χ3n) is 6.57. The second kappa shape index (κ2) is 12.2. The number of hydrogen-bond acceptors (Lipinski definition) is 5. The van der Waals surface area contributed by atoms with Gasteiger partial charge >= 0.3 is 6.09 Å². The topological polar surface area (TPSA) is 101 Å². The van der Waals surface area contributed by atoms with Gasteiger partial charge in [0.05, 0.1) is 13.0 Å². The van der Waals surface area contributed by atoms with Crippen molar-refractivity contribution in [3.05, 3.63) is 131 Å². The smallest absolute Gasteiger partial charge is 0.411 e. The molecule has 2 heterocycles. The summed E-state index contributed by atoms with van der Waals surface area (Å²) in [5.41, 5.74) is 3.58. The molecule has 1 fully saturated rings. The molecule has 5 rings (SSSR count). The number of amides is 3. The normalized spacial score (nSPS) is 16.3. The van der Waals surface area contributed by atoms with Gasteiger partial charge in [0, 0.05) is 24.6 Å². The lowest BCUT2D eigenvalue weighted by Gasteiger charge is -2.24. The van der Waals surface area contributed by atoms with E-state index in [0.717, 1.165) is 11.1 Å². The Kier molecular flexibility index (Phi) is 8.10. The van der Waals surface area contributed by atoms with Crippen molar-refractivity contribution >= 4 is 23.6 Å². The molecular weight excluding hydrogens is 511 g/mol. The molecule has 8 nitrogen and oxygen atoms in total. The monoisotopic (exact) mass is 538 g/mol. The summed E-state index contributed by atoms with van der Waals surface area (Å²) in [6, 6.07) is 24.6. The molecule has 1 aliphatic rings. The Morgan fingerprint density at radius 2 is 1.55 bits per heavy atom. The molecule has 0 bridgehead atoms. The third-order valence-corrected chi connectivity index (χ3v) is 6.57. The van der Waals surface area contributed by atoms with Crippen molar-refractivity contribution in [3.63, 3.8) is 0 Å². The zero-order valence-corrected chi connectivity index (χ0v) is 21.5. The number of carbonyl (C=O) groups is 3. The maximum Gasteiger partial charge on any atom is 0.411 e. The van der Waals surface area contributed by atoms with Crippen molar-refractivity contribution in [3.8, 4) is 0 Å². The molecule has 0 saturated carbocycles. The van der Waals surface area contributed by atoms with E-state index in [1.807, 2.05) is 30.3 Å². The lowest BCUT2D eigenvalue weighted by atomic mass is 10.00. The van der Waals surface area contributed by atoms with Crippen molar-refractivity contribution in [1.29, 1.82) is 0 Å². The summed E-state index contributed by atoms with van der Waals surface area (Å²) < 4.78 is 19.1. The van der Waals surface area contributed by atoms with E-state index in [2.05, 4.69) is 15.6 Å². The van der Waals surface area contributed by atoms with Gasteiger partial charge in [0.2, 0.25) is 11.8 Å². The minimum atomic E-state index is -0.974. The van der Waals surface area contributed by atoms with Crippen LogP contribution in [-0.2, 0) is 33.8 Å². The van der Waals surface area contributed by atoms with Gasteiger partial charge in [0.15, 0.2) is 12.1 Å². The Morgan fingerprint density at radius 1 is 0.850 bits per heavy atom. The molecule has 1 aliphatic heterocycles. The summed E-state index contributed by atoms with van der Waals surface area (Å²) in [7, 11) is 0. The Morgan fingerprint density at radius 3 is 2.25 bits per heavy atom. The molecule has 2 N–H and O–H groups in total. The maximum atomic E-state index is 13.5. The average molecular weight is 539 g/mol. The first kappa shape index (κ1) is 26.6. The van der Waals surface area contributed by atoms with Gasteiger partial charge in [-0.3, -0.25) is 19.5 Å². The van der Waals surface area contributed by atoms with Crippen molar-refractivity contribution in [2.45, 2.75) is 31.7 Å². The molecule has 0 aliphatic carbocycles. The molecule has 0 radical (unpaired) electrons. The summed E-state index contributed by atoms with van der Waals surface area (Å²) in [5, 5.41) is 5.75. The van der Waals surface area contributed by atoms with Crippen LogP contribution in [0.3, 0.4) is 0 Å². The number of cyclic esters (lactones) is 1. The number of aromatic nitrogens is 1. The number of nitrogens with zero attached hydrogens (tertiary/aromatic N) is 2. The molecule has 9 heteroatoms. The van der Waals surface area contributed by atoms with Crippen molar-refractivity contribution in [2.75, 3.05) is 5.32 Å². The highest BCUT2D eigenvalue weighted by Crippen LogP contribution is 2.34. The summed E-state index contributed by atoms with van der Waals surface area (Å²) in [4.78, 5) is 44.3. The predicted molar refractivity (Wildman–Crippen MR) is 146 cm³/mol. The number of carbonyl (C=O) groups excluding carboxylic acids is 3. The second-order valence-electron chi connectivity index (χ2n) is 9.41. The first-order chi connectivity index (χ1) is 19.5. The van der Waals surface area contributed by atoms with Gasteiger partial charge in [0.25, 0.3) is 0 Å². The van der Waals surface area contributed by atoms with E-state index in [-0.39, 0.29) is 25.4 Å². The summed E-state index contributed by atoms with van der Waals surface area (Å²) in [6.07, 6.45) is 1.96. The van der Waals surface area contributed by atoms with Crippen LogP contribution in [0.1, 0.15) is 28.4 Å². The van der Waals surface area contributed by atoms with Gasteiger partial charge in [-0.1, -0.05) is 54.6 Å². The number of benzene rings is 3. The van der Waals surface area contributed by atoms with E-state index < -0.39 is 30.0 Å². The number of ether oxygens (including phenoxy) is 1. The molecule has 40 heavy (non-hydrogen) atoms. The lowest BCUT2D eigenvalue weighted by molar-refractivity contribution is -0.126. The summed E-state index contributed by atoms with van der Waals surface area (Å²) >= 11 is 0. The largest absolute Gasteiger partial charge is 0.438 e. The fourth-order valence-corrected chi connectivity index (χ4v) is 4.53. The number of anilines is 1. The fourth-order valence-electron chi connectivity index (χ4n) is 4.53. The van der Waals surface area contributed by atoms with Crippen LogP contribution in [0.5, 0.6) is 0 Å². The minimum Gasteiger partial charge on any atom is -0.438 e. The van der Waals surface area contributed by atoms with E-state index in [9.17, 15) is 18.8 Å². The van der Waals surface area contributed by atoms with Crippen LogP contribution in [0.4, 0.5) is 14.9 Å². The molecular formula is C31H27FN4O4. The first-order valence-electron chi connectivity index (χ1n) is 12.8. The van der Waals surface area contributed by atoms with Gasteiger partial charge in [-0.2, -0.15) is 0 Å². The van der Waals surface area contributed by atoms with Crippen molar-refractivity contribution in [1.82, 2.24) is 15.2 Å². The molecule has 2 atom stereocenters. The van der Waals surface area contributed by atoms with Crippen LogP contribution in [0.15, 0.2) is 103 Å². The molecule has 2 unspecified atom stereocenters. The zero-order chi connectivity index (χ0) is 27.9. The van der Waals surface area contributed by atoms with Gasteiger partial charge in [-0.25, -0.2) is 9.18 Å². The number of nitrogens with one attached hydrogen (secondary N) is 2. The summed E-state index contributed by atoms with van der Waals surface area (Å²) in [5.74, 6) is -0.951. The number of pyridine rings is 1. The zero-order valence-electron chi connectivity index (χ0n) is 21.5. The molecule has 3 amide bonds. The summed E-state index contributed by atoms with van der Waals surface area (Å²) in [6.45, 7) is 0.312. The quantitative estimate of drug-likeness (QED) is 0.320. The molecule has 3 aromatic carbocycles. The van der Waals surface area contributed by atoms with Crippen LogP contribution < -0.4 is 10.6 Å². The average Bonchev–Trinajstić information content (AvgIpc) is 3.30. The fraction of sp³-hybridized carbons (Fsp3) is 0.161. The van der Waals surface area contributed by atoms with Crippen LogP contribution in [0.2, 0.25) is 0 Å². The van der Waals surface area contributed by atoms with E-state index in [0.29, 0.717) is 16.8 Å². The molecule has 0 spiro atoms. The van der Waals surface area contributed by atoms with Gasteiger partial charge in [-0.05, 0) is 58.7 Å². The second-order valence-corrected chi connectivity index (χ2v) is 9.41. The van der Waals surface area contributed by atoms with Crippen molar-refractivity contribution < 1.29 is 23.5 Å². The number of halogens is 1. The Labute approximate surface area is 230 Å². The van der Waals surface area contributed by atoms with Gasteiger partial charge in [-0.15, -0.1) is 0 Å². The highest BCUT2D eigenvalue weighted by Gasteiger charge is 2.46. The lowest BCUT2D eigenvalue weighted by Crippen LogP contribution is -2.46. The van der Waals surface area contributed by atoms with E-state index >= 15 is 0 Å². The Hall–Kier alpha value is -5.05. The first-order valence-corrected chi connectivity index (χ1v) is 12.8. The SMILES string of the molecule is O=C(Cc1ccccc1)Nc1ccc(C2OC(=O)N(Cc3ccc(F)cc3)C2C(=O)NCc2ccncc2)cc1. The maximum absolute atomic E-state index is 13.5. The van der Waals surface area contributed by atoms with Crippen LogP contribution in [0.25, 0.3) is 0 Å². The molecule has 4 aromatic rings. The van der Waals surface area contributed by atoms with Gasteiger partial charge in [0.1, 0.15) is 5.82 Å². The minimum absolute atomic E-state index is 0.0661. The third kappa shape index (κ3) is 6.50. The molecule has 1 aromatic heterocycles. The molecule has 202 valence electrons. The number of hydrogen-bond donors (Lipinski definition) is 2. The predicted octanol–water partition coefficient (Wildman–Crippen LogP) is 4.78. The Bertz CT molecular complexity index is 1470. The number of rotatable bonds is 9. The van der Waals surface area contributed by atoms with E-state index in [4.69, 9.17) is 4.74 Å². The van der Waals surface area contributed by atoms with Gasteiger partial charge < -0.3 is 15.4 Å². The highest BCUT2D eigenvalue weighted by molar-refractivity contribution is 5.92. The Balaban J connectivity index is 1.33. The van der Waals surface area contributed by atoms with E-state index in [1.54, 1.807) is 60.9 Å². The van der Waals surface area contributed by atoms with Crippen LogP contribution in [0, 0.1) is 5.82 Å².